The maximum Gasteiger partial charge on any atom is 0.296 e. The van der Waals surface area contributed by atoms with Crippen LogP contribution in [0, 0.1) is 6.92 Å². The fourth-order valence-electron chi connectivity index (χ4n) is 4.23. The summed E-state index contributed by atoms with van der Waals surface area (Å²) in [5, 5.41) is 12.4. The van der Waals surface area contributed by atoms with Gasteiger partial charge >= 0.3 is 0 Å². The predicted molar refractivity (Wildman–Crippen MR) is 157 cm³/mol. The van der Waals surface area contributed by atoms with Crippen molar-refractivity contribution in [1.82, 2.24) is 20.2 Å². The van der Waals surface area contributed by atoms with Crippen molar-refractivity contribution in [3.8, 4) is 22.1 Å². The van der Waals surface area contributed by atoms with Crippen molar-refractivity contribution >= 4 is 42.3 Å². The van der Waals surface area contributed by atoms with Crippen molar-refractivity contribution in [2.45, 2.75) is 83.7 Å². The smallest absolute Gasteiger partial charge is 0.296 e. The summed E-state index contributed by atoms with van der Waals surface area (Å²) in [6.45, 7) is 13.2. The second-order valence-corrected chi connectivity index (χ2v) is 17.4. The minimum absolute atomic E-state index is 0.0533. The van der Waals surface area contributed by atoms with Gasteiger partial charge in [0, 0.05) is 29.1 Å². The Kier molecular flexibility index (Phi) is 8.94. The molecule has 1 saturated carbocycles. The molecule has 12 heteroatoms. The highest BCUT2D eigenvalue weighted by atomic mass is 35.5. The molecule has 0 aromatic carbocycles. The van der Waals surface area contributed by atoms with Crippen LogP contribution in [0.1, 0.15) is 62.5 Å². The summed E-state index contributed by atoms with van der Waals surface area (Å²) < 4.78 is 18.2. The van der Waals surface area contributed by atoms with E-state index in [0.29, 0.717) is 32.8 Å². The van der Waals surface area contributed by atoms with Gasteiger partial charge in [-0.3, -0.25) is 15.1 Å². The van der Waals surface area contributed by atoms with Crippen molar-refractivity contribution in [3.63, 3.8) is 0 Å². The van der Waals surface area contributed by atoms with Gasteiger partial charge in [0.25, 0.3) is 11.1 Å². The highest BCUT2D eigenvalue weighted by Crippen LogP contribution is 2.40. The van der Waals surface area contributed by atoms with E-state index in [1.807, 2.05) is 13.0 Å². The van der Waals surface area contributed by atoms with Crippen molar-refractivity contribution in [2.24, 2.45) is 0 Å². The molecule has 0 bridgehead atoms. The highest BCUT2D eigenvalue weighted by Gasteiger charge is 2.40. The molecule has 1 aliphatic carbocycles. The Morgan fingerprint density at radius 2 is 1.74 bits per heavy atom. The maximum absolute atomic E-state index is 13.3. The van der Waals surface area contributed by atoms with Crippen LogP contribution in [0.3, 0.4) is 0 Å². The van der Waals surface area contributed by atoms with Crippen LogP contribution in [0.15, 0.2) is 24.5 Å². The van der Waals surface area contributed by atoms with E-state index in [0.717, 1.165) is 31.4 Å². The molecule has 39 heavy (non-hydrogen) atoms. The number of nitrogens with zero attached hydrogens (tertiary/aromatic N) is 4. The fourth-order valence-corrected chi connectivity index (χ4v) is 6.47. The van der Waals surface area contributed by atoms with Gasteiger partial charge in [-0.1, -0.05) is 37.5 Å². The molecule has 3 heterocycles. The Labute approximate surface area is 239 Å². The van der Waals surface area contributed by atoms with Gasteiger partial charge < -0.3 is 13.9 Å². The lowest BCUT2D eigenvalue weighted by Gasteiger charge is -2.41. The number of methoxy groups -OCH3 is 1. The summed E-state index contributed by atoms with van der Waals surface area (Å²) in [6, 6.07) is 3.47. The first-order chi connectivity index (χ1) is 18.4. The number of carbonyl (C=O) groups excluding carboxylic acids is 1. The number of pyridine rings is 2. The third-order valence-corrected chi connectivity index (χ3v) is 12.9. The number of ether oxygens (including phenoxy) is 2. The number of amides is 1. The van der Waals surface area contributed by atoms with Crippen LogP contribution >= 0.6 is 22.9 Å². The molecule has 9 nitrogen and oxygen atoms in total. The first-order valence-corrected chi connectivity index (χ1v) is 17.1. The molecule has 1 fully saturated rings. The molecule has 210 valence electrons. The summed E-state index contributed by atoms with van der Waals surface area (Å²) in [6.07, 6.45) is 7.10. The lowest BCUT2D eigenvalue weighted by atomic mass is 9.95. The zero-order valence-electron chi connectivity index (χ0n) is 23.5. The first-order valence-electron chi connectivity index (χ1n) is 13.0. The molecule has 3 aromatic heterocycles. The van der Waals surface area contributed by atoms with Crippen LogP contribution in [0.2, 0.25) is 23.3 Å². The van der Waals surface area contributed by atoms with Crippen LogP contribution in [-0.4, -0.2) is 53.7 Å². The van der Waals surface area contributed by atoms with Gasteiger partial charge in [-0.15, -0.1) is 5.10 Å². The minimum Gasteiger partial charge on any atom is -0.494 e. The van der Waals surface area contributed by atoms with Crippen LogP contribution in [-0.2, 0) is 4.43 Å². The van der Waals surface area contributed by atoms with Crippen molar-refractivity contribution in [1.29, 1.82) is 0 Å². The van der Waals surface area contributed by atoms with Gasteiger partial charge in [0.05, 0.1) is 18.9 Å². The summed E-state index contributed by atoms with van der Waals surface area (Å²) in [5.41, 5.74) is 2.35. The predicted octanol–water partition coefficient (Wildman–Crippen LogP) is 6.93. The molecule has 1 N–H and O–H groups in total. The van der Waals surface area contributed by atoms with Crippen LogP contribution in [0.4, 0.5) is 5.13 Å². The highest BCUT2D eigenvalue weighted by molar-refractivity contribution is 7.17. The van der Waals surface area contributed by atoms with Gasteiger partial charge in [0.15, 0.2) is 8.32 Å². The summed E-state index contributed by atoms with van der Waals surface area (Å²) in [7, 11) is -0.248. The summed E-state index contributed by atoms with van der Waals surface area (Å²) in [5.74, 6) is 0.119. The molecule has 0 unspecified atom stereocenters. The average Bonchev–Trinajstić information content (AvgIpc) is 3.30. The molecular formula is C27H36ClN5O4SSi. The van der Waals surface area contributed by atoms with E-state index >= 15 is 0 Å². The first kappa shape index (κ1) is 29.4. The van der Waals surface area contributed by atoms with E-state index in [1.54, 1.807) is 13.2 Å². The van der Waals surface area contributed by atoms with E-state index in [2.05, 4.69) is 59.3 Å². The maximum atomic E-state index is 13.3. The Hall–Kier alpha value is -2.60. The van der Waals surface area contributed by atoms with E-state index < -0.39 is 8.32 Å². The molecule has 0 aliphatic heterocycles. The molecule has 4 rings (SSSR count). The number of aromatic nitrogens is 4. The van der Waals surface area contributed by atoms with Crippen LogP contribution in [0.25, 0.3) is 11.1 Å². The summed E-state index contributed by atoms with van der Waals surface area (Å²) >= 11 is 7.34. The number of anilines is 1. The van der Waals surface area contributed by atoms with Crippen molar-refractivity contribution < 1.29 is 18.7 Å². The molecular weight excluding hydrogens is 554 g/mol. The van der Waals surface area contributed by atoms with E-state index in [-0.39, 0.29) is 28.3 Å². The Morgan fingerprint density at radius 3 is 2.41 bits per heavy atom. The van der Waals surface area contributed by atoms with Crippen molar-refractivity contribution in [2.75, 3.05) is 12.4 Å². The molecule has 1 aliphatic rings. The monoisotopic (exact) mass is 589 g/mol. The number of aryl methyl sites for hydroxylation is 1. The van der Waals surface area contributed by atoms with Gasteiger partial charge in [-0.25, -0.2) is 4.98 Å². The SMILES string of the molecule is COc1cnc(Cl)cc1-c1cc(C)ncc1C(=O)Nc1nnc(OC2CCC(O[Si](C)(C)C(C)(C)C)CC2)s1. The van der Waals surface area contributed by atoms with Crippen molar-refractivity contribution in [3.05, 3.63) is 40.9 Å². The number of carbonyl (C=O) groups is 1. The molecule has 0 radical (unpaired) electrons. The lowest BCUT2D eigenvalue weighted by molar-refractivity contribution is 0.0720. The Balaban J connectivity index is 1.40. The van der Waals surface area contributed by atoms with E-state index in [1.165, 1.54) is 23.7 Å². The quantitative estimate of drug-likeness (QED) is 0.222. The summed E-state index contributed by atoms with van der Waals surface area (Å²) in [4.78, 5) is 21.7. The molecule has 0 atom stereocenters. The molecule has 0 saturated heterocycles. The zero-order chi connectivity index (χ0) is 28.4. The zero-order valence-corrected chi connectivity index (χ0v) is 26.1. The van der Waals surface area contributed by atoms with E-state index in [9.17, 15) is 4.79 Å². The average molecular weight is 590 g/mol. The van der Waals surface area contributed by atoms with E-state index in [4.69, 9.17) is 25.5 Å². The Morgan fingerprint density at radius 1 is 1.05 bits per heavy atom. The lowest BCUT2D eigenvalue weighted by Crippen LogP contribution is -2.45. The second-order valence-electron chi connectivity index (χ2n) is 11.3. The Bertz CT molecular complexity index is 1320. The second kappa shape index (κ2) is 11.9. The van der Waals surface area contributed by atoms with Gasteiger partial charge in [0.1, 0.15) is 17.0 Å². The number of rotatable bonds is 8. The largest absolute Gasteiger partial charge is 0.494 e. The third-order valence-electron chi connectivity index (χ3n) is 7.41. The minimum atomic E-state index is -1.79. The fraction of sp³-hybridized carbons (Fsp3) is 0.519. The van der Waals surface area contributed by atoms with Crippen LogP contribution in [0.5, 0.6) is 10.9 Å². The van der Waals surface area contributed by atoms with Crippen LogP contribution < -0.4 is 14.8 Å². The molecule has 1 amide bonds. The molecule has 0 spiro atoms. The standard InChI is InChI=1S/C27H36ClN5O4SSi/c1-16-12-19(20-13-23(28)30-15-22(20)35-5)21(14-29-16)24(34)31-25-32-33-26(38-25)36-17-8-10-18(11-9-17)37-39(6,7)27(2,3)4/h12-15,17-18H,8-11H2,1-7H3,(H,31,32,34). The molecule has 3 aromatic rings. The van der Waals surface area contributed by atoms with Gasteiger partial charge in [-0.05, 0) is 74.2 Å². The van der Waals surface area contributed by atoms with Gasteiger partial charge in [0.2, 0.25) is 5.13 Å². The number of hydrogen-bond acceptors (Lipinski definition) is 9. The number of hydrogen-bond donors (Lipinski definition) is 1. The topological polar surface area (TPSA) is 108 Å². The third kappa shape index (κ3) is 7.13. The normalized spacial score (nSPS) is 18.1. The number of nitrogens with one attached hydrogen (secondary N) is 1. The van der Waals surface area contributed by atoms with Gasteiger partial charge in [-0.2, -0.15) is 0 Å². The number of halogens is 1.